The summed E-state index contributed by atoms with van der Waals surface area (Å²) in [7, 11) is 0. The number of hydrogen-bond donors (Lipinski definition) is 0. The normalized spacial score (nSPS) is 14.6. The van der Waals surface area contributed by atoms with Gasteiger partial charge < -0.3 is 0 Å². The molecular formula is C63H64N2. The van der Waals surface area contributed by atoms with Crippen LogP contribution in [0.5, 0.6) is 0 Å². The Morgan fingerprint density at radius 3 is 1.09 bits per heavy atom. The van der Waals surface area contributed by atoms with Crippen molar-refractivity contribution >= 4 is 32.6 Å². The van der Waals surface area contributed by atoms with Crippen LogP contribution in [-0.4, -0.2) is 9.97 Å². The highest BCUT2D eigenvalue weighted by molar-refractivity contribution is 6.07. The Bertz CT molecular complexity index is 3040. The number of benzene rings is 8. The van der Waals surface area contributed by atoms with E-state index in [-0.39, 0.29) is 5.41 Å². The van der Waals surface area contributed by atoms with Crippen LogP contribution in [-0.2, 0) is 10.8 Å². The van der Waals surface area contributed by atoms with Crippen molar-refractivity contribution in [3.8, 4) is 22.3 Å². The Hall–Kier alpha value is -6.38. The summed E-state index contributed by atoms with van der Waals surface area (Å²) in [6.07, 6.45) is 10.3. The number of nitrogens with zero attached hydrogens (tertiary/aromatic N) is 2. The molecule has 65 heavy (non-hydrogen) atoms. The maximum atomic E-state index is 4.28. The second-order valence-corrected chi connectivity index (χ2v) is 19.9. The number of fused-ring (bicyclic) bond motifs is 12. The molecule has 1 fully saturated rings. The van der Waals surface area contributed by atoms with Crippen LogP contribution in [0.15, 0.2) is 146 Å². The number of aryl methyl sites for hydroxylation is 8. The standard InChI is InChI=1S/C20H22.C17H18.C16H14.C10H10N2/c1-14-6-8-16-17-9-7-15(2)13-19(17)20(18(16)12-14)10-4-3-5-11-20;1-11-5-7-13-14-8-6-12(2)10-16(14)17(3,4)15(13)9-11;1-11-3-7-15-13(9-11)5-6-14-10-12(2)4-8-16(14)15;1-7-3-4-8(2)10-9(7)11-5-6-12-10/h6-9,12-13H,3-5,10-11H2,1-2H3;5-10H,1-4H3;3-10H,1-2H3;3-6H,1-2H3. The zero-order valence-electron chi connectivity index (χ0n) is 40.3. The molecule has 8 aromatic carbocycles. The highest BCUT2D eigenvalue weighted by atomic mass is 14.8. The van der Waals surface area contributed by atoms with Gasteiger partial charge in [-0.3, -0.25) is 9.97 Å². The molecule has 12 rings (SSSR count). The van der Waals surface area contributed by atoms with Crippen LogP contribution in [0.1, 0.15) is 113 Å². The molecule has 1 saturated carbocycles. The Labute approximate surface area is 387 Å². The molecule has 0 amide bonds. The average Bonchev–Trinajstić information content (AvgIpc) is 3.67. The fourth-order valence-electron chi connectivity index (χ4n) is 11.0. The molecule has 0 unspecified atom stereocenters. The van der Waals surface area contributed by atoms with Gasteiger partial charge in [0.05, 0.1) is 11.0 Å². The van der Waals surface area contributed by atoms with E-state index in [4.69, 9.17) is 0 Å². The largest absolute Gasteiger partial charge is 0.253 e. The summed E-state index contributed by atoms with van der Waals surface area (Å²) in [6.45, 7) is 21.8. The summed E-state index contributed by atoms with van der Waals surface area (Å²) < 4.78 is 0. The lowest BCUT2D eigenvalue weighted by Crippen LogP contribution is -2.28. The van der Waals surface area contributed by atoms with E-state index < -0.39 is 0 Å². The molecule has 0 atom stereocenters. The number of aromatic nitrogens is 2. The molecule has 1 spiro atoms. The average molecular weight is 849 g/mol. The quantitative estimate of drug-likeness (QED) is 0.142. The van der Waals surface area contributed by atoms with Gasteiger partial charge in [0.2, 0.25) is 0 Å². The van der Waals surface area contributed by atoms with Crippen LogP contribution in [0.25, 0.3) is 54.8 Å². The van der Waals surface area contributed by atoms with Gasteiger partial charge >= 0.3 is 0 Å². The van der Waals surface area contributed by atoms with Crippen LogP contribution in [0.2, 0.25) is 0 Å². The lowest BCUT2D eigenvalue weighted by molar-refractivity contribution is 0.352. The van der Waals surface area contributed by atoms with E-state index in [1.807, 2.05) is 0 Å². The topological polar surface area (TPSA) is 25.8 Å². The SMILES string of the molecule is Cc1ccc(C)c2nccnc12.Cc1ccc2c(c1)C(C)(C)c1cc(C)ccc1-2.Cc1ccc2c(c1)C1(CCCCC1)c1cc(C)ccc1-2.Cc1ccc2c(ccc3cc(C)ccc32)c1. The van der Waals surface area contributed by atoms with E-state index in [0.29, 0.717) is 5.41 Å². The first-order valence-electron chi connectivity index (χ1n) is 23.8. The lowest BCUT2D eigenvalue weighted by Gasteiger charge is -2.36. The monoisotopic (exact) mass is 849 g/mol. The van der Waals surface area contributed by atoms with Gasteiger partial charge in [0.1, 0.15) is 0 Å². The van der Waals surface area contributed by atoms with E-state index in [1.54, 1.807) is 23.5 Å². The molecule has 326 valence electrons. The van der Waals surface area contributed by atoms with E-state index in [2.05, 4.69) is 213 Å². The molecule has 0 radical (unpaired) electrons. The molecular weight excluding hydrogens is 785 g/mol. The van der Waals surface area contributed by atoms with Crippen molar-refractivity contribution in [1.82, 2.24) is 9.97 Å². The summed E-state index contributed by atoms with van der Waals surface area (Å²) in [6, 6.07) is 49.7. The second-order valence-electron chi connectivity index (χ2n) is 19.9. The lowest BCUT2D eigenvalue weighted by atomic mass is 9.67. The van der Waals surface area contributed by atoms with Crippen molar-refractivity contribution in [3.63, 3.8) is 0 Å². The first-order valence-corrected chi connectivity index (χ1v) is 23.8. The third-order valence-corrected chi connectivity index (χ3v) is 14.5. The van der Waals surface area contributed by atoms with Crippen molar-refractivity contribution < 1.29 is 0 Å². The Morgan fingerprint density at radius 1 is 0.354 bits per heavy atom. The fourth-order valence-corrected chi connectivity index (χ4v) is 11.0. The maximum Gasteiger partial charge on any atom is 0.0918 e. The molecule has 0 saturated heterocycles. The van der Waals surface area contributed by atoms with Crippen molar-refractivity contribution in [1.29, 1.82) is 0 Å². The summed E-state index contributed by atoms with van der Waals surface area (Å²) in [5.74, 6) is 0. The van der Waals surface area contributed by atoms with Gasteiger partial charge in [-0.05, 0) is 145 Å². The summed E-state index contributed by atoms with van der Waals surface area (Å²) in [5, 5.41) is 5.36. The predicted octanol–water partition coefficient (Wildman–Crippen LogP) is 17.0. The highest BCUT2D eigenvalue weighted by Crippen LogP contribution is 2.56. The number of rotatable bonds is 0. The second kappa shape index (κ2) is 17.5. The van der Waals surface area contributed by atoms with E-state index in [0.717, 1.165) is 11.0 Å². The van der Waals surface area contributed by atoms with E-state index >= 15 is 0 Å². The molecule has 9 aromatic rings. The molecule has 2 nitrogen and oxygen atoms in total. The zero-order valence-corrected chi connectivity index (χ0v) is 40.3. The molecule has 3 aliphatic rings. The number of hydrogen-bond acceptors (Lipinski definition) is 2. The van der Waals surface area contributed by atoms with Crippen molar-refractivity contribution in [2.24, 2.45) is 0 Å². The highest BCUT2D eigenvalue weighted by Gasteiger charge is 2.43. The third-order valence-electron chi connectivity index (χ3n) is 14.5. The molecule has 0 bridgehead atoms. The van der Waals surface area contributed by atoms with Crippen LogP contribution >= 0.6 is 0 Å². The fraction of sp³-hybridized carbons (Fsp3) is 0.270. The minimum atomic E-state index is 0.142. The van der Waals surface area contributed by atoms with Crippen LogP contribution < -0.4 is 0 Å². The van der Waals surface area contributed by atoms with Crippen LogP contribution in [0, 0.1) is 55.4 Å². The van der Waals surface area contributed by atoms with Gasteiger partial charge in [0, 0.05) is 23.2 Å². The molecule has 1 aromatic heterocycles. The molecule has 0 aliphatic heterocycles. The van der Waals surface area contributed by atoms with Gasteiger partial charge in [-0.25, -0.2) is 0 Å². The van der Waals surface area contributed by atoms with Crippen molar-refractivity contribution in [2.75, 3.05) is 0 Å². The summed E-state index contributed by atoms with van der Waals surface area (Å²) in [5.41, 5.74) is 25.0. The molecule has 0 N–H and O–H groups in total. The Kier molecular flexibility index (Phi) is 11.8. The van der Waals surface area contributed by atoms with Gasteiger partial charge in [0.25, 0.3) is 0 Å². The van der Waals surface area contributed by atoms with E-state index in [1.165, 1.54) is 132 Å². The molecule has 1 heterocycles. The van der Waals surface area contributed by atoms with Gasteiger partial charge in [-0.2, -0.15) is 0 Å². The van der Waals surface area contributed by atoms with Crippen LogP contribution in [0.4, 0.5) is 0 Å². The third kappa shape index (κ3) is 8.29. The minimum absolute atomic E-state index is 0.142. The predicted molar refractivity (Wildman–Crippen MR) is 279 cm³/mol. The van der Waals surface area contributed by atoms with Crippen molar-refractivity contribution in [2.45, 2.75) is 112 Å². The molecule has 2 heteroatoms. The van der Waals surface area contributed by atoms with Gasteiger partial charge in [-0.1, -0.05) is 200 Å². The van der Waals surface area contributed by atoms with E-state index in [9.17, 15) is 0 Å². The Morgan fingerprint density at radius 2 is 0.692 bits per heavy atom. The molecule has 3 aliphatic carbocycles. The minimum Gasteiger partial charge on any atom is -0.253 e. The first-order chi connectivity index (χ1) is 31.2. The Balaban J connectivity index is 0.000000111. The smallest absolute Gasteiger partial charge is 0.0918 e. The maximum absolute atomic E-state index is 4.28. The summed E-state index contributed by atoms with van der Waals surface area (Å²) in [4.78, 5) is 8.56. The van der Waals surface area contributed by atoms with Gasteiger partial charge in [0.15, 0.2) is 0 Å². The first kappa shape index (κ1) is 43.9. The summed E-state index contributed by atoms with van der Waals surface area (Å²) >= 11 is 0. The van der Waals surface area contributed by atoms with Gasteiger partial charge in [-0.15, -0.1) is 0 Å². The van der Waals surface area contributed by atoms with Crippen molar-refractivity contribution in [3.05, 3.63) is 213 Å². The van der Waals surface area contributed by atoms with Crippen LogP contribution in [0.3, 0.4) is 0 Å². The zero-order chi connectivity index (χ0) is 45.6.